The molecule has 3 atom stereocenters. The molecule has 3 aliphatic rings. The van der Waals surface area contributed by atoms with Gasteiger partial charge in [-0.1, -0.05) is 6.07 Å². The lowest BCUT2D eigenvalue weighted by Gasteiger charge is -2.51. The molecule has 4 heterocycles. The van der Waals surface area contributed by atoms with Gasteiger partial charge in [-0.3, -0.25) is 19.3 Å². The molecule has 2 aromatic rings. The normalized spacial score (nSPS) is 28.6. The highest BCUT2D eigenvalue weighted by atomic mass is 32.1. The number of fused-ring (bicyclic) bond motifs is 1. The van der Waals surface area contributed by atoms with Crippen molar-refractivity contribution in [2.24, 2.45) is 0 Å². The van der Waals surface area contributed by atoms with Crippen LogP contribution in [0.3, 0.4) is 0 Å². The van der Waals surface area contributed by atoms with Gasteiger partial charge in [0.25, 0.3) is 0 Å². The summed E-state index contributed by atoms with van der Waals surface area (Å²) in [7, 11) is 1.66. The van der Waals surface area contributed by atoms with Gasteiger partial charge >= 0.3 is 0 Å². The van der Waals surface area contributed by atoms with E-state index in [1.807, 2.05) is 0 Å². The molecule has 3 aliphatic heterocycles. The van der Waals surface area contributed by atoms with E-state index in [0.717, 1.165) is 23.5 Å². The number of Topliss-reactive ketones (excluding diaryl/α,β-unsaturated/α-hetero) is 2. The summed E-state index contributed by atoms with van der Waals surface area (Å²) < 4.78 is 32.6. The van der Waals surface area contributed by atoms with Crippen molar-refractivity contribution in [3.8, 4) is 0 Å². The van der Waals surface area contributed by atoms with Crippen molar-refractivity contribution in [2.45, 2.75) is 30.3 Å². The SMILES string of the molecule is CN1C(=O)C2C(=O)C(=O)C(c3nnc(Cc4ccc(F)cc4F)s3)CN2CC12CCOC2. The lowest BCUT2D eigenvalue weighted by molar-refractivity contribution is -0.163. The van der Waals surface area contributed by atoms with Gasteiger partial charge in [0.15, 0.2) is 6.04 Å². The Morgan fingerprint density at radius 2 is 2.03 bits per heavy atom. The molecule has 1 spiro atoms. The van der Waals surface area contributed by atoms with Crippen LogP contribution in [0.25, 0.3) is 0 Å². The largest absolute Gasteiger partial charge is 0.379 e. The van der Waals surface area contributed by atoms with Crippen LogP contribution in [0.4, 0.5) is 8.78 Å². The molecule has 3 saturated heterocycles. The summed E-state index contributed by atoms with van der Waals surface area (Å²) in [6, 6.07) is 2.19. The van der Waals surface area contributed by atoms with Gasteiger partial charge in [0.05, 0.1) is 18.1 Å². The number of amides is 1. The molecular weight excluding hydrogens is 442 g/mol. The van der Waals surface area contributed by atoms with E-state index in [9.17, 15) is 23.2 Å². The summed E-state index contributed by atoms with van der Waals surface area (Å²) in [6.07, 6.45) is 0.756. The molecule has 0 saturated carbocycles. The number of rotatable bonds is 3. The van der Waals surface area contributed by atoms with Gasteiger partial charge in [-0.15, -0.1) is 21.5 Å². The second kappa shape index (κ2) is 7.75. The predicted molar refractivity (Wildman–Crippen MR) is 108 cm³/mol. The van der Waals surface area contributed by atoms with Crippen LogP contribution in [0.2, 0.25) is 0 Å². The van der Waals surface area contributed by atoms with Crippen molar-refractivity contribution in [1.29, 1.82) is 0 Å². The van der Waals surface area contributed by atoms with Gasteiger partial charge in [0.1, 0.15) is 21.6 Å². The Morgan fingerprint density at radius 1 is 1.22 bits per heavy atom. The first-order valence-electron chi connectivity index (χ1n) is 10.2. The number of piperidine rings is 1. The first-order valence-corrected chi connectivity index (χ1v) is 11.0. The van der Waals surface area contributed by atoms with Gasteiger partial charge in [-0.05, 0) is 18.1 Å². The van der Waals surface area contributed by atoms with Crippen LogP contribution in [0, 0.1) is 11.6 Å². The summed E-state index contributed by atoms with van der Waals surface area (Å²) in [6.45, 7) is 1.53. The molecule has 1 aromatic heterocycles. The van der Waals surface area contributed by atoms with Crippen LogP contribution in [0.15, 0.2) is 18.2 Å². The molecule has 5 rings (SSSR count). The number of nitrogens with zero attached hydrogens (tertiary/aromatic N) is 4. The molecule has 11 heteroatoms. The second-order valence-corrected chi connectivity index (χ2v) is 9.58. The summed E-state index contributed by atoms with van der Waals surface area (Å²) in [5.74, 6) is -3.98. The molecule has 3 unspecified atom stereocenters. The molecular formula is C21H20F2N4O4S. The van der Waals surface area contributed by atoms with Crippen LogP contribution in [-0.4, -0.2) is 82.4 Å². The highest BCUT2D eigenvalue weighted by Gasteiger charge is 2.57. The number of halogens is 2. The van der Waals surface area contributed by atoms with Crippen molar-refractivity contribution in [2.75, 3.05) is 33.4 Å². The first kappa shape index (κ1) is 21.2. The Balaban J connectivity index is 1.39. The maximum Gasteiger partial charge on any atom is 0.248 e. The van der Waals surface area contributed by atoms with Gasteiger partial charge in [-0.2, -0.15) is 0 Å². The first-order chi connectivity index (χ1) is 15.3. The fourth-order valence-electron chi connectivity index (χ4n) is 4.70. The Kier molecular flexibility index (Phi) is 5.14. The molecule has 1 aromatic carbocycles. The number of hydrogen-bond donors (Lipinski definition) is 0. The van der Waals surface area contributed by atoms with E-state index in [-0.39, 0.29) is 24.4 Å². The molecule has 168 valence electrons. The van der Waals surface area contributed by atoms with Crippen LogP contribution in [0.5, 0.6) is 0 Å². The minimum Gasteiger partial charge on any atom is -0.379 e. The van der Waals surface area contributed by atoms with Crippen molar-refractivity contribution in [3.05, 3.63) is 45.4 Å². The van der Waals surface area contributed by atoms with Crippen molar-refractivity contribution in [1.82, 2.24) is 20.0 Å². The second-order valence-electron chi connectivity index (χ2n) is 8.48. The highest BCUT2D eigenvalue weighted by molar-refractivity contribution is 7.11. The van der Waals surface area contributed by atoms with Gasteiger partial charge in [-0.25, -0.2) is 8.78 Å². The number of likely N-dealkylation sites (N-methyl/N-ethyl adjacent to an activating group) is 1. The molecule has 0 bridgehead atoms. The quantitative estimate of drug-likeness (QED) is 0.495. The topological polar surface area (TPSA) is 92.7 Å². The fraction of sp³-hybridized carbons (Fsp3) is 0.476. The third kappa shape index (κ3) is 3.35. The van der Waals surface area contributed by atoms with E-state index in [1.54, 1.807) is 16.8 Å². The van der Waals surface area contributed by atoms with E-state index < -0.39 is 40.7 Å². The monoisotopic (exact) mass is 462 g/mol. The third-order valence-electron chi connectivity index (χ3n) is 6.58. The number of hydrogen-bond acceptors (Lipinski definition) is 8. The van der Waals surface area contributed by atoms with Crippen LogP contribution >= 0.6 is 11.3 Å². The van der Waals surface area contributed by atoms with Crippen LogP contribution in [-0.2, 0) is 25.5 Å². The summed E-state index contributed by atoms with van der Waals surface area (Å²) in [5, 5.41) is 8.92. The average Bonchev–Trinajstić information content (AvgIpc) is 3.41. The standard InChI is InChI=1S/C21H20F2N4O4S/c1-26-20(30)16-18(29)17(28)13(8-27(16)9-21(26)4-5-31-10-21)19-25-24-15(32-19)6-11-2-3-12(22)7-14(11)23/h2-3,7,13,16H,4-6,8-10H2,1H3. The lowest BCUT2D eigenvalue weighted by atomic mass is 9.83. The van der Waals surface area contributed by atoms with Gasteiger partial charge < -0.3 is 9.64 Å². The minimum atomic E-state index is -1.12. The number of carbonyl (C=O) groups is 3. The van der Waals surface area contributed by atoms with Gasteiger partial charge in [0.2, 0.25) is 17.5 Å². The molecule has 0 radical (unpaired) electrons. The highest BCUT2D eigenvalue weighted by Crippen LogP contribution is 2.37. The number of piperazine rings is 1. The van der Waals surface area contributed by atoms with Gasteiger partial charge in [0, 0.05) is 39.2 Å². The third-order valence-corrected chi connectivity index (χ3v) is 7.62. The summed E-state index contributed by atoms with van der Waals surface area (Å²) in [5.41, 5.74) is -0.251. The van der Waals surface area contributed by atoms with Crippen LogP contribution < -0.4 is 0 Å². The van der Waals surface area contributed by atoms with Crippen molar-refractivity contribution in [3.63, 3.8) is 0 Å². The number of ether oxygens (including phenoxy) is 1. The summed E-state index contributed by atoms with van der Waals surface area (Å²) in [4.78, 5) is 42.0. The van der Waals surface area contributed by atoms with E-state index in [1.165, 1.54) is 6.07 Å². The minimum absolute atomic E-state index is 0.0920. The maximum absolute atomic E-state index is 14.0. The van der Waals surface area contributed by atoms with Crippen molar-refractivity contribution < 1.29 is 27.9 Å². The average molecular weight is 462 g/mol. The number of carbonyl (C=O) groups excluding carboxylic acids is 3. The summed E-state index contributed by atoms with van der Waals surface area (Å²) >= 11 is 1.11. The smallest absolute Gasteiger partial charge is 0.248 e. The van der Waals surface area contributed by atoms with E-state index >= 15 is 0 Å². The zero-order chi connectivity index (χ0) is 22.6. The maximum atomic E-state index is 14.0. The molecule has 8 nitrogen and oxygen atoms in total. The molecule has 3 fully saturated rings. The zero-order valence-electron chi connectivity index (χ0n) is 17.2. The molecule has 1 amide bonds. The lowest BCUT2D eigenvalue weighted by Crippen LogP contribution is -2.72. The molecule has 0 N–H and O–H groups in total. The number of benzene rings is 1. The molecule has 0 aliphatic carbocycles. The Morgan fingerprint density at radius 3 is 2.75 bits per heavy atom. The predicted octanol–water partition coefficient (Wildman–Crippen LogP) is 0.944. The zero-order valence-corrected chi connectivity index (χ0v) is 18.0. The van der Waals surface area contributed by atoms with Crippen LogP contribution in [0.1, 0.15) is 27.9 Å². The van der Waals surface area contributed by atoms with E-state index in [0.29, 0.717) is 36.2 Å². The number of ketones is 2. The van der Waals surface area contributed by atoms with E-state index in [4.69, 9.17) is 4.74 Å². The Bertz CT molecular complexity index is 1120. The molecule has 32 heavy (non-hydrogen) atoms. The fourth-order valence-corrected chi connectivity index (χ4v) is 5.66. The Labute approximate surface area is 186 Å². The Hall–Kier alpha value is -2.63. The number of aromatic nitrogens is 2. The van der Waals surface area contributed by atoms with E-state index in [2.05, 4.69) is 10.2 Å². The van der Waals surface area contributed by atoms with Crippen molar-refractivity contribution >= 4 is 28.8 Å².